The van der Waals surface area contributed by atoms with Crippen molar-refractivity contribution in [2.75, 3.05) is 19.6 Å². The van der Waals surface area contributed by atoms with E-state index in [9.17, 15) is 19.8 Å². The Morgan fingerprint density at radius 1 is 0.872 bits per heavy atom. The average Bonchev–Trinajstić information content (AvgIpc) is 3.10. The van der Waals surface area contributed by atoms with E-state index in [0.717, 1.165) is 42.6 Å². The number of aliphatic hydroxyl groups excluding tert-OH is 1. The van der Waals surface area contributed by atoms with E-state index in [2.05, 4.69) is 41.5 Å². The van der Waals surface area contributed by atoms with E-state index in [4.69, 9.17) is 4.74 Å². The quantitative estimate of drug-likeness (QED) is 0.143. The smallest absolute Gasteiger partial charge is 0.253 e. The van der Waals surface area contributed by atoms with Crippen molar-refractivity contribution < 1.29 is 19.7 Å². The van der Waals surface area contributed by atoms with E-state index < -0.39 is 6.10 Å². The van der Waals surface area contributed by atoms with Gasteiger partial charge in [0.15, 0.2) is 0 Å². The van der Waals surface area contributed by atoms with Crippen molar-refractivity contribution >= 4 is 16.8 Å². The van der Waals surface area contributed by atoms with Gasteiger partial charge in [0.05, 0.1) is 24.8 Å². The SMILES string of the molecule is CC1(c2ccccc2)CCN(C(=O)c2ccc(COCc3ccc(CNCC(O)c4ccc(O)c5[nH]c(=O)ccc45)cc3)cc2)CC1. The number of aromatic amines is 1. The number of nitrogens with zero attached hydrogens (tertiary/aromatic N) is 1. The summed E-state index contributed by atoms with van der Waals surface area (Å²) in [5.41, 5.74) is 5.94. The number of phenols is 1. The lowest BCUT2D eigenvalue weighted by atomic mass is 9.74. The van der Waals surface area contributed by atoms with Crippen LogP contribution in [0.2, 0.25) is 0 Å². The Kier molecular flexibility index (Phi) is 9.82. The zero-order valence-corrected chi connectivity index (χ0v) is 26.6. The Balaban J connectivity index is 0.929. The molecule has 0 aliphatic carbocycles. The molecule has 6 rings (SSSR count). The summed E-state index contributed by atoms with van der Waals surface area (Å²) < 4.78 is 5.96. The van der Waals surface area contributed by atoms with E-state index in [0.29, 0.717) is 48.3 Å². The molecule has 1 unspecified atom stereocenters. The Morgan fingerprint density at radius 3 is 2.19 bits per heavy atom. The predicted octanol–water partition coefficient (Wildman–Crippen LogP) is 5.97. The Hall–Kier alpha value is -4.76. The summed E-state index contributed by atoms with van der Waals surface area (Å²) in [6.07, 6.45) is 1.10. The Morgan fingerprint density at radius 2 is 1.51 bits per heavy atom. The highest BCUT2D eigenvalue weighted by atomic mass is 16.5. The van der Waals surface area contributed by atoms with Crippen molar-refractivity contribution in [1.29, 1.82) is 0 Å². The molecule has 1 saturated heterocycles. The maximum Gasteiger partial charge on any atom is 0.253 e. The predicted molar refractivity (Wildman–Crippen MR) is 183 cm³/mol. The highest BCUT2D eigenvalue weighted by Gasteiger charge is 2.33. The lowest BCUT2D eigenvalue weighted by Gasteiger charge is -2.40. The molecule has 47 heavy (non-hydrogen) atoms. The number of hydrogen-bond acceptors (Lipinski definition) is 6. The first-order valence-corrected chi connectivity index (χ1v) is 16.1. The number of aromatic hydroxyl groups is 1. The number of carbonyl (C=O) groups excluding carboxylic acids is 1. The second-order valence-corrected chi connectivity index (χ2v) is 12.7. The number of pyridine rings is 1. The number of aromatic nitrogens is 1. The number of benzene rings is 4. The van der Waals surface area contributed by atoms with Gasteiger partial charge in [-0.25, -0.2) is 0 Å². The normalized spacial score (nSPS) is 15.1. The van der Waals surface area contributed by atoms with E-state index in [1.165, 1.54) is 17.7 Å². The van der Waals surface area contributed by atoms with Crippen molar-refractivity contribution in [2.24, 2.45) is 0 Å². The minimum atomic E-state index is -0.815. The molecule has 1 aromatic heterocycles. The first-order chi connectivity index (χ1) is 22.8. The largest absolute Gasteiger partial charge is 0.506 e. The first-order valence-electron chi connectivity index (χ1n) is 16.1. The fraction of sp³-hybridized carbons (Fsp3) is 0.282. The van der Waals surface area contributed by atoms with Gasteiger partial charge in [0.1, 0.15) is 5.75 Å². The molecule has 0 saturated carbocycles. The first kappa shape index (κ1) is 32.2. The van der Waals surface area contributed by atoms with Crippen molar-refractivity contribution in [3.8, 4) is 5.75 Å². The van der Waals surface area contributed by atoms with Crippen molar-refractivity contribution in [3.05, 3.63) is 147 Å². The number of fused-ring (bicyclic) bond motifs is 1. The number of nitrogens with one attached hydrogen (secondary N) is 2. The fourth-order valence-electron chi connectivity index (χ4n) is 6.31. The minimum Gasteiger partial charge on any atom is -0.506 e. The number of ether oxygens (including phenoxy) is 1. The topological polar surface area (TPSA) is 115 Å². The number of phenolic OH excluding ortho intramolecular Hbond substituents is 1. The van der Waals surface area contributed by atoms with E-state index in [1.807, 2.05) is 59.5 Å². The third-order valence-corrected chi connectivity index (χ3v) is 9.32. The molecule has 1 atom stereocenters. The van der Waals surface area contributed by atoms with Gasteiger partial charge in [-0.1, -0.05) is 79.7 Å². The second-order valence-electron chi connectivity index (χ2n) is 12.7. The molecule has 0 spiro atoms. The van der Waals surface area contributed by atoms with Crippen LogP contribution in [0.15, 0.2) is 108 Å². The monoisotopic (exact) mass is 631 g/mol. The maximum atomic E-state index is 13.2. The summed E-state index contributed by atoms with van der Waals surface area (Å²) in [6, 6.07) is 32.6. The number of H-pyrrole nitrogens is 1. The molecule has 1 amide bonds. The Labute approximate surface area is 274 Å². The molecule has 0 radical (unpaired) electrons. The number of aliphatic hydroxyl groups is 1. The molecule has 1 aliphatic rings. The summed E-state index contributed by atoms with van der Waals surface area (Å²) >= 11 is 0. The standard InChI is InChI=1S/C39H41N3O5/c1-39(31-5-3-2-4-6-31)19-21-42(22-20-39)38(46)30-13-11-29(12-14-30)26-47-25-28-9-7-27(8-10-28)23-40-24-35(44)32-15-17-34(43)37-33(32)16-18-36(45)41-37/h2-18,35,40,43-44H,19-26H2,1H3,(H,41,45). The molecule has 0 bridgehead atoms. The van der Waals surface area contributed by atoms with Crippen LogP contribution in [0.5, 0.6) is 5.75 Å². The molecule has 8 heteroatoms. The van der Waals surface area contributed by atoms with Gasteiger partial charge in [0, 0.05) is 43.2 Å². The van der Waals surface area contributed by atoms with Crippen LogP contribution in [0.1, 0.15) is 64.0 Å². The summed E-state index contributed by atoms with van der Waals surface area (Å²) in [5.74, 6) is 0.0544. The third kappa shape index (κ3) is 7.63. The Bertz CT molecular complexity index is 1860. The van der Waals surface area contributed by atoms with Gasteiger partial charge in [-0.05, 0) is 70.3 Å². The number of amides is 1. The summed E-state index contributed by atoms with van der Waals surface area (Å²) in [6.45, 7) is 5.61. The van der Waals surface area contributed by atoms with Gasteiger partial charge >= 0.3 is 0 Å². The van der Waals surface area contributed by atoms with Gasteiger partial charge in [0.25, 0.3) is 5.91 Å². The number of rotatable bonds is 11. The number of likely N-dealkylation sites (tertiary alicyclic amines) is 1. The molecule has 5 aromatic rings. The fourth-order valence-corrected chi connectivity index (χ4v) is 6.31. The van der Waals surface area contributed by atoms with Gasteiger partial charge in [0.2, 0.25) is 5.56 Å². The zero-order valence-electron chi connectivity index (χ0n) is 26.6. The molecule has 242 valence electrons. The van der Waals surface area contributed by atoms with Crippen LogP contribution in [0.25, 0.3) is 10.9 Å². The highest BCUT2D eigenvalue weighted by Crippen LogP contribution is 2.35. The highest BCUT2D eigenvalue weighted by molar-refractivity contribution is 5.94. The molecule has 4 aromatic carbocycles. The maximum absolute atomic E-state index is 13.2. The summed E-state index contributed by atoms with van der Waals surface area (Å²) in [7, 11) is 0. The average molecular weight is 632 g/mol. The van der Waals surface area contributed by atoms with Gasteiger partial charge < -0.3 is 30.2 Å². The lowest BCUT2D eigenvalue weighted by molar-refractivity contribution is 0.0675. The molecule has 4 N–H and O–H groups in total. The van der Waals surface area contributed by atoms with Gasteiger partial charge in [-0.15, -0.1) is 0 Å². The minimum absolute atomic E-state index is 0.0318. The number of carbonyl (C=O) groups is 1. The van der Waals surface area contributed by atoms with Crippen LogP contribution < -0.4 is 10.9 Å². The van der Waals surface area contributed by atoms with Crippen molar-refractivity contribution in [3.63, 3.8) is 0 Å². The van der Waals surface area contributed by atoms with Gasteiger partial charge in [-0.2, -0.15) is 0 Å². The van der Waals surface area contributed by atoms with E-state index >= 15 is 0 Å². The van der Waals surface area contributed by atoms with Gasteiger partial charge in [-0.3, -0.25) is 9.59 Å². The zero-order chi connectivity index (χ0) is 32.8. The third-order valence-electron chi connectivity index (χ3n) is 9.32. The van der Waals surface area contributed by atoms with Crippen LogP contribution in [0, 0.1) is 0 Å². The molecular weight excluding hydrogens is 590 g/mol. The number of hydrogen-bond donors (Lipinski definition) is 4. The van der Waals surface area contributed by atoms with Crippen LogP contribution >= 0.6 is 0 Å². The lowest BCUT2D eigenvalue weighted by Crippen LogP contribution is -2.43. The van der Waals surface area contributed by atoms with Crippen LogP contribution in [0.3, 0.4) is 0 Å². The molecule has 8 nitrogen and oxygen atoms in total. The second kappa shape index (κ2) is 14.3. The van der Waals surface area contributed by atoms with Crippen LogP contribution in [-0.2, 0) is 29.9 Å². The van der Waals surface area contributed by atoms with E-state index in [-0.39, 0.29) is 22.6 Å². The number of piperidine rings is 1. The van der Waals surface area contributed by atoms with Crippen LogP contribution in [-0.4, -0.2) is 45.6 Å². The van der Waals surface area contributed by atoms with Crippen molar-refractivity contribution in [2.45, 2.75) is 51.0 Å². The molecule has 1 fully saturated rings. The molecule has 1 aliphatic heterocycles. The van der Waals surface area contributed by atoms with E-state index in [1.54, 1.807) is 12.1 Å². The summed E-state index contributed by atoms with van der Waals surface area (Å²) in [5, 5.41) is 24.7. The molecule has 2 heterocycles. The van der Waals surface area contributed by atoms with Crippen molar-refractivity contribution in [1.82, 2.24) is 15.2 Å². The molecular formula is C39H41N3O5. The summed E-state index contributed by atoms with van der Waals surface area (Å²) in [4.78, 5) is 29.4. The van der Waals surface area contributed by atoms with Crippen LogP contribution in [0.4, 0.5) is 0 Å².